The van der Waals surface area contributed by atoms with E-state index in [0.717, 1.165) is 5.75 Å². The number of nitrogens with one attached hydrogen (secondary N) is 1. The third-order valence-corrected chi connectivity index (χ3v) is 2.60. The molecule has 0 heterocycles. The molecule has 0 saturated carbocycles. The molecular weight excluding hydrogens is 198 g/mol. The van der Waals surface area contributed by atoms with Crippen LogP contribution in [-0.2, 0) is 4.79 Å². The third-order valence-electron chi connectivity index (χ3n) is 1.86. The molecule has 0 radical (unpaired) electrons. The summed E-state index contributed by atoms with van der Waals surface area (Å²) in [6, 6.07) is 0.0849. The van der Waals surface area contributed by atoms with Gasteiger partial charge in [0.05, 0.1) is 0 Å². The smallest absolute Gasteiger partial charge is 0.225 e. The normalized spacial score (nSPS) is 13.8. The Bertz CT molecular complexity index is 171. The van der Waals surface area contributed by atoms with Gasteiger partial charge in [-0.1, -0.05) is 20.8 Å². The summed E-state index contributed by atoms with van der Waals surface area (Å²) in [6.45, 7) is 5.78. The molecule has 84 valence electrons. The monoisotopic (exact) mass is 219 g/mol. The summed E-state index contributed by atoms with van der Waals surface area (Å²) in [4.78, 5) is 11.6. The Morgan fingerprint density at radius 3 is 2.43 bits per heavy atom. The van der Waals surface area contributed by atoms with Crippen LogP contribution in [0.25, 0.3) is 0 Å². The molecule has 0 aromatic rings. The average Bonchev–Trinajstić information content (AvgIpc) is 2.03. The number of rotatable bonds is 5. The van der Waals surface area contributed by atoms with Crippen LogP contribution in [0.4, 0.5) is 0 Å². The lowest BCUT2D eigenvalue weighted by Gasteiger charge is -2.23. The standard InChI is InChI=1S/C10H21NO2S/c1-10(2,3)9(13)11-8(5-6-12)7-14-4/h8,12H,5-7H2,1-4H3,(H,11,13). The first-order valence-electron chi connectivity index (χ1n) is 4.82. The molecule has 0 saturated heterocycles. The SMILES string of the molecule is CSCC(CCO)NC(=O)C(C)(C)C. The van der Waals surface area contributed by atoms with Gasteiger partial charge in [0, 0.05) is 23.8 Å². The third kappa shape index (κ3) is 5.50. The van der Waals surface area contributed by atoms with E-state index in [-0.39, 0.29) is 24.0 Å². The Morgan fingerprint density at radius 1 is 1.50 bits per heavy atom. The number of hydrogen-bond acceptors (Lipinski definition) is 3. The van der Waals surface area contributed by atoms with Gasteiger partial charge in [0.15, 0.2) is 0 Å². The van der Waals surface area contributed by atoms with Crippen molar-refractivity contribution in [1.29, 1.82) is 0 Å². The largest absolute Gasteiger partial charge is 0.396 e. The number of thioether (sulfide) groups is 1. The van der Waals surface area contributed by atoms with Crippen LogP contribution in [0.15, 0.2) is 0 Å². The molecule has 0 spiro atoms. The van der Waals surface area contributed by atoms with E-state index in [1.165, 1.54) is 0 Å². The van der Waals surface area contributed by atoms with Crippen LogP contribution in [0.5, 0.6) is 0 Å². The maximum atomic E-state index is 11.6. The fourth-order valence-corrected chi connectivity index (χ4v) is 1.61. The van der Waals surface area contributed by atoms with Crippen LogP contribution in [0, 0.1) is 5.41 Å². The maximum absolute atomic E-state index is 11.6. The minimum Gasteiger partial charge on any atom is -0.396 e. The predicted octanol–water partition coefficient (Wildman–Crippen LogP) is 1.26. The first-order valence-corrected chi connectivity index (χ1v) is 6.22. The Morgan fingerprint density at radius 2 is 2.07 bits per heavy atom. The van der Waals surface area contributed by atoms with Crippen molar-refractivity contribution in [2.45, 2.75) is 33.2 Å². The molecule has 1 unspecified atom stereocenters. The minimum absolute atomic E-state index is 0.0463. The first kappa shape index (κ1) is 13.8. The molecule has 0 aromatic carbocycles. The molecule has 0 aliphatic rings. The van der Waals surface area contributed by atoms with E-state index in [2.05, 4.69) is 5.32 Å². The zero-order valence-electron chi connectivity index (χ0n) is 9.46. The highest BCUT2D eigenvalue weighted by Crippen LogP contribution is 2.14. The van der Waals surface area contributed by atoms with E-state index < -0.39 is 0 Å². The average molecular weight is 219 g/mol. The Balaban J connectivity index is 4.08. The van der Waals surface area contributed by atoms with Crippen LogP contribution in [0.1, 0.15) is 27.2 Å². The highest BCUT2D eigenvalue weighted by molar-refractivity contribution is 7.98. The van der Waals surface area contributed by atoms with Gasteiger partial charge in [-0.3, -0.25) is 4.79 Å². The first-order chi connectivity index (χ1) is 6.41. The van der Waals surface area contributed by atoms with Gasteiger partial charge in [0.2, 0.25) is 5.91 Å². The summed E-state index contributed by atoms with van der Waals surface area (Å²) in [7, 11) is 0. The van der Waals surface area contributed by atoms with E-state index in [1.54, 1.807) is 11.8 Å². The second-order valence-electron chi connectivity index (χ2n) is 4.39. The van der Waals surface area contributed by atoms with E-state index in [4.69, 9.17) is 5.11 Å². The summed E-state index contributed by atoms with van der Waals surface area (Å²) >= 11 is 1.68. The van der Waals surface area contributed by atoms with E-state index in [0.29, 0.717) is 6.42 Å². The number of aliphatic hydroxyl groups excluding tert-OH is 1. The zero-order valence-corrected chi connectivity index (χ0v) is 10.3. The molecule has 3 nitrogen and oxygen atoms in total. The van der Waals surface area contributed by atoms with Crippen molar-refractivity contribution in [3.05, 3.63) is 0 Å². The highest BCUT2D eigenvalue weighted by atomic mass is 32.2. The van der Waals surface area contributed by atoms with Gasteiger partial charge in [-0.25, -0.2) is 0 Å². The van der Waals surface area contributed by atoms with Gasteiger partial charge < -0.3 is 10.4 Å². The summed E-state index contributed by atoms with van der Waals surface area (Å²) in [5, 5.41) is 11.8. The second kappa shape index (κ2) is 6.30. The topological polar surface area (TPSA) is 49.3 Å². The van der Waals surface area contributed by atoms with Gasteiger partial charge in [0.25, 0.3) is 0 Å². The van der Waals surface area contributed by atoms with Crippen molar-refractivity contribution in [1.82, 2.24) is 5.32 Å². The molecule has 0 aliphatic heterocycles. The Kier molecular flexibility index (Phi) is 6.20. The molecule has 0 fully saturated rings. The van der Waals surface area contributed by atoms with Crippen molar-refractivity contribution in [3.8, 4) is 0 Å². The van der Waals surface area contributed by atoms with Crippen molar-refractivity contribution < 1.29 is 9.90 Å². The lowest BCUT2D eigenvalue weighted by molar-refractivity contribution is -0.129. The molecule has 0 aliphatic carbocycles. The number of hydrogen-bond donors (Lipinski definition) is 2. The van der Waals surface area contributed by atoms with Crippen molar-refractivity contribution in [2.75, 3.05) is 18.6 Å². The van der Waals surface area contributed by atoms with E-state index >= 15 is 0 Å². The number of amides is 1. The molecular formula is C10H21NO2S. The van der Waals surface area contributed by atoms with E-state index in [9.17, 15) is 4.79 Å². The van der Waals surface area contributed by atoms with Gasteiger partial charge in [-0.2, -0.15) is 11.8 Å². The lowest BCUT2D eigenvalue weighted by atomic mass is 9.95. The Hall–Kier alpha value is -0.220. The van der Waals surface area contributed by atoms with E-state index in [1.807, 2.05) is 27.0 Å². The van der Waals surface area contributed by atoms with Gasteiger partial charge in [-0.05, 0) is 12.7 Å². The maximum Gasteiger partial charge on any atom is 0.225 e. The van der Waals surface area contributed by atoms with Gasteiger partial charge in [0.1, 0.15) is 0 Å². The molecule has 2 N–H and O–H groups in total. The zero-order chi connectivity index (χ0) is 11.2. The minimum atomic E-state index is -0.355. The molecule has 1 atom stereocenters. The molecule has 0 aromatic heterocycles. The molecule has 0 bridgehead atoms. The Labute approximate surface area is 90.7 Å². The fourth-order valence-electron chi connectivity index (χ4n) is 0.956. The second-order valence-corrected chi connectivity index (χ2v) is 5.30. The fraction of sp³-hybridized carbons (Fsp3) is 0.900. The summed E-state index contributed by atoms with van der Waals surface area (Å²) in [5.41, 5.74) is -0.355. The van der Waals surface area contributed by atoms with Gasteiger partial charge in [-0.15, -0.1) is 0 Å². The number of carbonyl (C=O) groups excluding carboxylic acids is 1. The molecule has 14 heavy (non-hydrogen) atoms. The summed E-state index contributed by atoms with van der Waals surface area (Å²) in [6.07, 6.45) is 2.62. The predicted molar refractivity (Wildman–Crippen MR) is 61.5 cm³/mol. The van der Waals surface area contributed by atoms with Crippen LogP contribution in [-0.4, -0.2) is 35.7 Å². The van der Waals surface area contributed by atoms with Gasteiger partial charge >= 0.3 is 0 Å². The van der Waals surface area contributed by atoms with Crippen LogP contribution >= 0.6 is 11.8 Å². The number of aliphatic hydroxyl groups is 1. The van der Waals surface area contributed by atoms with Crippen LogP contribution in [0.3, 0.4) is 0 Å². The van der Waals surface area contributed by atoms with Crippen LogP contribution < -0.4 is 5.32 Å². The molecule has 1 amide bonds. The number of carbonyl (C=O) groups is 1. The van der Waals surface area contributed by atoms with Crippen molar-refractivity contribution in [3.63, 3.8) is 0 Å². The van der Waals surface area contributed by atoms with Crippen LogP contribution in [0.2, 0.25) is 0 Å². The summed E-state index contributed by atoms with van der Waals surface area (Å²) in [5.74, 6) is 0.896. The quantitative estimate of drug-likeness (QED) is 0.732. The lowest BCUT2D eigenvalue weighted by Crippen LogP contribution is -2.43. The van der Waals surface area contributed by atoms with Crippen molar-refractivity contribution >= 4 is 17.7 Å². The molecule has 0 rings (SSSR count). The highest BCUT2D eigenvalue weighted by Gasteiger charge is 2.23. The molecule has 4 heteroatoms. The summed E-state index contributed by atoms with van der Waals surface area (Å²) < 4.78 is 0. The van der Waals surface area contributed by atoms with Crippen molar-refractivity contribution in [2.24, 2.45) is 5.41 Å².